The fraction of sp³-hybridized carbons (Fsp3) is 0.143. The van der Waals surface area contributed by atoms with Crippen molar-refractivity contribution in [1.29, 1.82) is 0 Å². The van der Waals surface area contributed by atoms with Crippen LogP contribution in [0.1, 0.15) is 0 Å². The van der Waals surface area contributed by atoms with Gasteiger partial charge >= 0.3 is 3.98 Å². The van der Waals surface area contributed by atoms with E-state index in [1.54, 1.807) is 0 Å². The van der Waals surface area contributed by atoms with Gasteiger partial charge in [-0.25, -0.2) is 4.39 Å². The van der Waals surface area contributed by atoms with Crippen molar-refractivity contribution < 1.29 is 9.13 Å². The van der Waals surface area contributed by atoms with Crippen molar-refractivity contribution >= 4 is 46.4 Å². The van der Waals surface area contributed by atoms with Crippen LogP contribution < -0.4 is 4.74 Å². The number of ether oxygens (including phenoxy) is 1. The lowest BCUT2D eigenvalue weighted by Gasteiger charge is -2.13. The minimum Gasteiger partial charge on any atom is -0.446 e. The van der Waals surface area contributed by atoms with Crippen LogP contribution in [0.2, 0.25) is 5.02 Å². The SMILES string of the molecule is Fc1ccc(OC(Cl)(Cl)Cl)cc1Cl. The van der Waals surface area contributed by atoms with Gasteiger partial charge in [0.1, 0.15) is 11.6 Å². The standard InChI is InChI=1S/C7H3Cl4FO/c8-5-3-4(1-2-6(5)12)13-7(9,10)11/h1-3H. The molecule has 0 aliphatic carbocycles. The molecule has 0 aliphatic rings. The fourth-order valence-corrected chi connectivity index (χ4v) is 1.11. The maximum atomic E-state index is 12.6. The van der Waals surface area contributed by atoms with E-state index in [0.29, 0.717) is 0 Å². The Morgan fingerprint density at radius 2 is 1.85 bits per heavy atom. The molecule has 0 unspecified atom stereocenters. The van der Waals surface area contributed by atoms with Gasteiger partial charge in [-0.05, 0) is 46.9 Å². The van der Waals surface area contributed by atoms with E-state index in [2.05, 4.69) is 0 Å². The van der Waals surface area contributed by atoms with Gasteiger partial charge in [0.2, 0.25) is 0 Å². The van der Waals surface area contributed by atoms with Crippen molar-refractivity contribution in [1.82, 2.24) is 0 Å². The summed E-state index contributed by atoms with van der Waals surface area (Å²) in [7, 11) is 0. The van der Waals surface area contributed by atoms with Gasteiger partial charge in [0, 0.05) is 6.07 Å². The van der Waals surface area contributed by atoms with E-state index in [0.717, 1.165) is 6.07 Å². The first-order valence-corrected chi connectivity index (χ1v) is 4.60. The Bertz CT molecular complexity index is 310. The Morgan fingerprint density at radius 3 is 2.31 bits per heavy atom. The first-order valence-electron chi connectivity index (χ1n) is 3.09. The van der Waals surface area contributed by atoms with E-state index in [4.69, 9.17) is 51.1 Å². The predicted molar refractivity (Wildman–Crippen MR) is 52.3 cm³/mol. The highest BCUT2D eigenvalue weighted by Gasteiger charge is 2.21. The zero-order chi connectivity index (χ0) is 10.1. The van der Waals surface area contributed by atoms with Crippen molar-refractivity contribution in [2.45, 2.75) is 3.98 Å². The van der Waals surface area contributed by atoms with Gasteiger partial charge in [-0.1, -0.05) is 11.6 Å². The van der Waals surface area contributed by atoms with Gasteiger partial charge < -0.3 is 4.74 Å². The molecule has 0 amide bonds. The highest BCUT2D eigenvalue weighted by molar-refractivity contribution is 6.66. The van der Waals surface area contributed by atoms with E-state index in [1.165, 1.54) is 12.1 Å². The second-order valence-electron chi connectivity index (χ2n) is 2.12. The van der Waals surface area contributed by atoms with E-state index >= 15 is 0 Å². The average Bonchev–Trinajstić information content (AvgIpc) is 1.94. The van der Waals surface area contributed by atoms with E-state index in [1.807, 2.05) is 0 Å². The van der Waals surface area contributed by atoms with Crippen LogP contribution in [0.15, 0.2) is 18.2 Å². The molecule has 0 fully saturated rings. The van der Waals surface area contributed by atoms with Crippen LogP contribution in [0.3, 0.4) is 0 Å². The number of alkyl halides is 3. The molecule has 1 aromatic rings. The third kappa shape index (κ3) is 3.77. The molecule has 0 aliphatic heterocycles. The lowest BCUT2D eigenvalue weighted by atomic mass is 10.3. The molecule has 0 bridgehead atoms. The first-order chi connectivity index (χ1) is 5.88. The summed E-state index contributed by atoms with van der Waals surface area (Å²) in [6.07, 6.45) is 0. The lowest BCUT2D eigenvalue weighted by Crippen LogP contribution is -2.12. The summed E-state index contributed by atoms with van der Waals surface area (Å²) in [5.41, 5.74) is 0. The Kier molecular flexibility index (Phi) is 3.52. The molecule has 0 spiro atoms. The summed E-state index contributed by atoms with van der Waals surface area (Å²) < 4.78 is 15.6. The molecule has 0 radical (unpaired) electrons. The van der Waals surface area contributed by atoms with Crippen LogP contribution in [-0.2, 0) is 0 Å². The van der Waals surface area contributed by atoms with Crippen LogP contribution in [0.5, 0.6) is 5.75 Å². The molecule has 0 atom stereocenters. The molecule has 0 aromatic heterocycles. The fourth-order valence-electron chi connectivity index (χ4n) is 0.674. The van der Waals surface area contributed by atoms with Crippen LogP contribution in [0.4, 0.5) is 4.39 Å². The van der Waals surface area contributed by atoms with E-state index < -0.39 is 9.80 Å². The van der Waals surface area contributed by atoms with Gasteiger partial charge in [0.25, 0.3) is 0 Å². The number of rotatable bonds is 1. The molecular weight excluding hydrogens is 261 g/mol. The first kappa shape index (κ1) is 11.2. The largest absolute Gasteiger partial charge is 0.446 e. The summed E-state index contributed by atoms with van der Waals surface area (Å²) in [5.74, 6) is -0.371. The van der Waals surface area contributed by atoms with Crippen LogP contribution in [0.25, 0.3) is 0 Å². The number of hydrogen-bond donors (Lipinski definition) is 0. The lowest BCUT2D eigenvalue weighted by molar-refractivity contribution is 0.320. The van der Waals surface area contributed by atoms with Gasteiger partial charge in [-0.2, -0.15) is 0 Å². The van der Waals surface area contributed by atoms with Crippen LogP contribution >= 0.6 is 46.4 Å². The second-order valence-corrected chi connectivity index (χ2v) is 4.71. The zero-order valence-electron chi connectivity index (χ0n) is 6.03. The summed E-state index contributed by atoms with van der Waals surface area (Å²) in [6, 6.07) is 3.65. The summed E-state index contributed by atoms with van der Waals surface area (Å²) in [5, 5.41) is -0.0910. The monoisotopic (exact) mass is 262 g/mol. The molecular formula is C7H3Cl4FO. The predicted octanol–water partition coefficient (Wildman–Crippen LogP) is 4.19. The van der Waals surface area contributed by atoms with E-state index in [9.17, 15) is 4.39 Å². The molecule has 1 aromatic carbocycles. The zero-order valence-corrected chi connectivity index (χ0v) is 9.05. The van der Waals surface area contributed by atoms with Crippen molar-refractivity contribution in [3.63, 3.8) is 0 Å². The van der Waals surface area contributed by atoms with Crippen LogP contribution in [-0.4, -0.2) is 3.98 Å². The molecule has 1 nitrogen and oxygen atoms in total. The second kappa shape index (κ2) is 4.09. The highest BCUT2D eigenvalue weighted by atomic mass is 35.6. The Hall–Kier alpha value is 0.110. The topological polar surface area (TPSA) is 9.23 Å². The molecule has 0 N–H and O–H groups in total. The molecule has 0 heterocycles. The van der Waals surface area contributed by atoms with Gasteiger partial charge in [-0.3, -0.25) is 0 Å². The molecule has 6 heteroatoms. The van der Waals surface area contributed by atoms with Crippen molar-refractivity contribution in [2.24, 2.45) is 0 Å². The number of hydrogen-bond acceptors (Lipinski definition) is 1. The Morgan fingerprint density at radius 1 is 1.23 bits per heavy atom. The minimum atomic E-state index is -1.87. The quantitative estimate of drug-likeness (QED) is 0.691. The van der Waals surface area contributed by atoms with Gasteiger partial charge in [0.05, 0.1) is 5.02 Å². The molecule has 1 rings (SSSR count). The molecule has 72 valence electrons. The Labute approximate surface area is 94.3 Å². The van der Waals surface area contributed by atoms with Gasteiger partial charge in [-0.15, -0.1) is 0 Å². The van der Waals surface area contributed by atoms with Gasteiger partial charge in [0.15, 0.2) is 0 Å². The third-order valence-electron chi connectivity index (χ3n) is 1.12. The normalized spacial score (nSPS) is 11.5. The van der Waals surface area contributed by atoms with E-state index in [-0.39, 0.29) is 10.8 Å². The third-order valence-corrected chi connectivity index (χ3v) is 1.65. The van der Waals surface area contributed by atoms with Crippen molar-refractivity contribution in [3.05, 3.63) is 29.0 Å². The molecule has 13 heavy (non-hydrogen) atoms. The highest BCUT2D eigenvalue weighted by Crippen LogP contribution is 2.31. The minimum absolute atomic E-state index is 0.0910. The number of halogens is 5. The molecule has 0 saturated carbocycles. The maximum Gasteiger partial charge on any atom is 0.338 e. The maximum absolute atomic E-state index is 12.6. The average molecular weight is 264 g/mol. The summed E-state index contributed by atoms with van der Waals surface area (Å²) in [4.78, 5) is 0. The summed E-state index contributed by atoms with van der Waals surface area (Å²) >= 11 is 21.5. The van der Waals surface area contributed by atoms with Crippen LogP contribution in [0, 0.1) is 5.82 Å². The Balaban J connectivity index is 2.86. The van der Waals surface area contributed by atoms with Crippen molar-refractivity contribution in [3.8, 4) is 5.75 Å². The smallest absolute Gasteiger partial charge is 0.338 e. The summed E-state index contributed by atoms with van der Waals surface area (Å²) in [6.45, 7) is 0. The van der Waals surface area contributed by atoms with Crippen molar-refractivity contribution in [2.75, 3.05) is 0 Å². The number of benzene rings is 1. The molecule has 0 saturated heterocycles.